The molecule has 3 rings (SSSR count). The molecule has 7 nitrogen and oxygen atoms in total. The number of ether oxygens (including phenoxy) is 1. The smallest absolute Gasteiger partial charge is 0.433 e. The highest BCUT2D eigenvalue weighted by Crippen LogP contribution is 2.29. The lowest BCUT2D eigenvalue weighted by Crippen LogP contribution is -2.39. The molecule has 0 aromatic heterocycles. The Morgan fingerprint density at radius 1 is 1.15 bits per heavy atom. The average molecular weight is 495 g/mol. The fourth-order valence-electron chi connectivity index (χ4n) is 3.46. The maximum absolute atomic E-state index is 13.6. The van der Waals surface area contributed by atoms with Crippen LogP contribution in [0.25, 0.3) is 0 Å². The maximum atomic E-state index is 13.6. The minimum Gasteiger partial charge on any atom is -0.465 e. The fraction of sp³-hybridized carbons (Fsp3) is 0.261. The van der Waals surface area contributed by atoms with Crippen molar-refractivity contribution in [2.75, 3.05) is 25.1 Å². The van der Waals surface area contributed by atoms with Gasteiger partial charge in [-0.25, -0.2) is 4.79 Å². The Hall–Kier alpha value is -3.53. The van der Waals surface area contributed by atoms with Gasteiger partial charge in [0.2, 0.25) is 0 Å². The van der Waals surface area contributed by atoms with Crippen LogP contribution in [0.5, 0.6) is 0 Å². The molecule has 1 aliphatic heterocycles. The van der Waals surface area contributed by atoms with Crippen LogP contribution in [0.15, 0.2) is 59.9 Å². The molecular formula is C23H22ClF3N4O3. The predicted octanol–water partition coefficient (Wildman–Crippen LogP) is 4.21. The van der Waals surface area contributed by atoms with Crippen LogP contribution in [-0.2, 0) is 9.53 Å². The number of halogens is 4. The van der Waals surface area contributed by atoms with Crippen molar-refractivity contribution in [1.82, 2.24) is 10.6 Å². The van der Waals surface area contributed by atoms with Crippen molar-refractivity contribution in [2.45, 2.75) is 19.1 Å². The summed E-state index contributed by atoms with van der Waals surface area (Å²) in [5.74, 6) is -1.71. The van der Waals surface area contributed by atoms with E-state index in [9.17, 15) is 22.8 Å². The summed E-state index contributed by atoms with van der Waals surface area (Å²) in [6.45, 7) is 2.16. The number of esters is 1. The summed E-state index contributed by atoms with van der Waals surface area (Å²) in [4.78, 5) is 26.2. The molecule has 1 atom stereocenters. The highest BCUT2D eigenvalue weighted by Gasteiger charge is 2.42. The first-order valence-electron chi connectivity index (χ1n) is 10.2. The first-order chi connectivity index (χ1) is 16.0. The van der Waals surface area contributed by atoms with E-state index in [1.807, 2.05) is 0 Å². The van der Waals surface area contributed by atoms with Gasteiger partial charge in [0.15, 0.2) is 5.71 Å². The van der Waals surface area contributed by atoms with Crippen molar-refractivity contribution >= 4 is 34.9 Å². The highest BCUT2D eigenvalue weighted by atomic mass is 35.5. The molecule has 2 aromatic carbocycles. The number of alkyl halides is 3. The lowest BCUT2D eigenvalue weighted by atomic mass is 10.0. The van der Waals surface area contributed by atoms with E-state index in [1.54, 1.807) is 43.3 Å². The molecule has 1 heterocycles. The first kappa shape index (κ1) is 25.1. The summed E-state index contributed by atoms with van der Waals surface area (Å²) in [7, 11) is 1.24. The zero-order chi connectivity index (χ0) is 25.0. The van der Waals surface area contributed by atoms with Gasteiger partial charge in [0, 0.05) is 23.8 Å². The van der Waals surface area contributed by atoms with E-state index in [-0.39, 0.29) is 12.4 Å². The van der Waals surface area contributed by atoms with Crippen LogP contribution < -0.4 is 15.5 Å². The van der Waals surface area contributed by atoms with Crippen LogP contribution in [0.3, 0.4) is 0 Å². The Morgan fingerprint density at radius 3 is 2.32 bits per heavy atom. The second-order valence-corrected chi connectivity index (χ2v) is 7.90. The van der Waals surface area contributed by atoms with E-state index in [4.69, 9.17) is 17.0 Å². The van der Waals surface area contributed by atoms with Crippen LogP contribution >= 0.6 is 11.6 Å². The Labute approximate surface area is 199 Å². The van der Waals surface area contributed by atoms with Gasteiger partial charge in [-0.1, -0.05) is 23.7 Å². The Kier molecular flexibility index (Phi) is 7.51. The second-order valence-electron chi connectivity index (χ2n) is 7.46. The van der Waals surface area contributed by atoms with E-state index in [1.165, 1.54) is 24.1 Å². The van der Waals surface area contributed by atoms with Crippen molar-refractivity contribution in [3.63, 3.8) is 0 Å². The minimum atomic E-state index is -5.04. The number of carbonyl (C=O) groups is 2. The van der Waals surface area contributed by atoms with Crippen LogP contribution in [0.2, 0.25) is 5.02 Å². The minimum absolute atomic E-state index is 0.115. The normalized spacial score (nSPS) is 15.9. The molecule has 1 amide bonds. The molecule has 1 saturated heterocycles. The van der Waals surface area contributed by atoms with Crippen LogP contribution in [0.1, 0.15) is 28.9 Å². The zero-order valence-electron chi connectivity index (χ0n) is 18.3. The maximum Gasteiger partial charge on any atom is 0.433 e. The molecule has 2 aromatic rings. The number of rotatable bonds is 6. The number of nitrogens with one attached hydrogen (secondary N) is 3. The number of methoxy groups -OCH3 is 1. The monoisotopic (exact) mass is 494 g/mol. The number of hydrogen-bond acceptors (Lipinski definition) is 6. The van der Waals surface area contributed by atoms with E-state index in [0.717, 1.165) is 0 Å². The summed E-state index contributed by atoms with van der Waals surface area (Å²) < 4.78 is 45.3. The van der Waals surface area contributed by atoms with Crippen LogP contribution in [0, 0.1) is 5.41 Å². The lowest BCUT2D eigenvalue weighted by molar-refractivity contribution is -0.118. The summed E-state index contributed by atoms with van der Waals surface area (Å²) in [5.41, 5.74) is -1.21. The topological polar surface area (TPSA) is 94.5 Å². The van der Waals surface area contributed by atoms with Gasteiger partial charge in [0.1, 0.15) is 11.4 Å². The summed E-state index contributed by atoms with van der Waals surface area (Å²) in [6.07, 6.45) is -5.04. The molecule has 1 unspecified atom stereocenters. The zero-order valence-corrected chi connectivity index (χ0v) is 19.1. The van der Waals surface area contributed by atoms with Gasteiger partial charge in [0.25, 0.3) is 5.91 Å². The number of amides is 1. The van der Waals surface area contributed by atoms with Crippen molar-refractivity contribution in [3.05, 3.63) is 76.1 Å². The van der Waals surface area contributed by atoms with Gasteiger partial charge in [-0.15, -0.1) is 0 Å². The highest BCUT2D eigenvalue weighted by molar-refractivity contribution is 6.30. The SMILES string of the molecule is COC(=O)c1ccc(C(C)NC(=O)/C(C(=N)C(F)(F)F)=C2/NCCN2c2ccc(Cl)cc2)cc1. The average Bonchev–Trinajstić information content (AvgIpc) is 3.27. The van der Waals surface area contributed by atoms with Gasteiger partial charge in [0.05, 0.1) is 18.7 Å². The molecule has 180 valence electrons. The molecule has 3 N–H and O–H groups in total. The third kappa shape index (κ3) is 5.51. The molecular weight excluding hydrogens is 473 g/mol. The van der Waals surface area contributed by atoms with Crippen molar-refractivity contribution in [2.24, 2.45) is 0 Å². The number of hydrogen-bond donors (Lipinski definition) is 3. The standard InChI is InChI=1S/C23H22ClF3N4O3/c1-13(14-3-5-15(6-4-14)22(33)34-2)30-21(32)18(19(28)23(25,26)27)20-29-11-12-31(20)17-9-7-16(24)8-10-17/h3-10,13,28-29H,11-12H2,1-2H3,(H,30,32)/b20-18-,28-19?. The lowest BCUT2D eigenvalue weighted by Gasteiger charge is -2.24. The number of benzene rings is 2. The molecule has 1 fully saturated rings. The Bertz CT molecular complexity index is 1120. The molecule has 34 heavy (non-hydrogen) atoms. The van der Waals surface area contributed by atoms with Crippen molar-refractivity contribution < 1.29 is 27.5 Å². The number of carbonyl (C=O) groups excluding carboxylic acids is 2. The summed E-state index contributed by atoms with van der Waals surface area (Å²) in [6, 6.07) is 11.8. The summed E-state index contributed by atoms with van der Waals surface area (Å²) >= 11 is 5.91. The molecule has 0 bridgehead atoms. The molecule has 0 aliphatic carbocycles. The first-order valence-corrected chi connectivity index (χ1v) is 10.6. The van der Waals surface area contributed by atoms with E-state index in [2.05, 4.69) is 15.4 Å². The fourth-order valence-corrected chi connectivity index (χ4v) is 3.58. The van der Waals surface area contributed by atoms with Gasteiger partial charge >= 0.3 is 12.1 Å². The molecule has 0 spiro atoms. The number of anilines is 1. The van der Waals surface area contributed by atoms with Crippen molar-refractivity contribution in [3.8, 4) is 0 Å². The Balaban J connectivity index is 1.94. The van der Waals surface area contributed by atoms with Gasteiger partial charge < -0.3 is 20.3 Å². The van der Waals surface area contributed by atoms with Crippen molar-refractivity contribution in [1.29, 1.82) is 5.41 Å². The second kappa shape index (κ2) is 10.2. The van der Waals surface area contributed by atoms with E-state index in [0.29, 0.717) is 28.4 Å². The molecule has 1 aliphatic rings. The summed E-state index contributed by atoms with van der Waals surface area (Å²) in [5, 5.41) is 13.5. The predicted molar refractivity (Wildman–Crippen MR) is 122 cm³/mol. The van der Waals surface area contributed by atoms with Gasteiger partial charge in [-0.3, -0.25) is 10.2 Å². The molecule has 0 radical (unpaired) electrons. The van der Waals surface area contributed by atoms with E-state index < -0.39 is 35.4 Å². The Morgan fingerprint density at radius 2 is 1.76 bits per heavy atom. The van der Waals surface area contributed by atoms with Crippen LogP contribution in [0.4, 0.5) is 18.9 Å². The molecule has 0 saturated carbocycles. The quantitative estimate of drug-likeness (QED) is 0.318. The third-order valence-corrected chi connectivity index (χ3v) is 5.46. The van der Waals surface area contributed by atoms with Gasteiger partial charge in [-0.2, -0.15) is 13.2 Å². The van der Waals surface area contributed by atoms with Crippen LogP contribution in [-0.4, -0.2) is 44.0 Å². The van der Waals surface area contributed by atoms with Gasteiger partial charge in [-0.05, 0) is 48.9 Å². The van der Waals surface area contributed by atoms with E-state index >= 15 is 0 Å². The number of nitrogens with zero attached hydrogens (tertiary/aromatic N) is 1. The molecule has 11 heteroatoms. The third-order valence-electron chi connectivity index (χ3n) is 5.21. The largest absolute Gasteiger partial charge is 0.465 e.